The highest BCUT2D eigenvalue weighted by Crippen LogP contribution is 2.39. The number of hydrogen-bond donors (Lipinski definition) is 1. The first-order valence-corrected chi connectivity index (χ1v) is 7.54. The molecule has 2 aromatic rings. The minimum Gasteiger partial charge on any atom is -0.508 e. The van der Waals surface area contributed by atoms with Gasteiger partial charge in [0.05, 0.1) is 0 Å². The van der Waals surface area contributed by atoms with E-state index in [0.717, 1.165) is 11.1 Å². The zero-order valence-electron chi connectivity index (χ0n) is 14.0. The highest BCUT2D eigenvalue weighted by Gasteiger charge is 2.28. The van der Waals surface area contributed by atoms with Gasteiger partial charge in [-0.3, -0.25) is 0 Å². The fourth-order valence-electron chi connectivity index (χ4n) is 2.98. The van der Waals surface area contributed by atoms with Crippen LogP contribution in [-0.2, 0) is 10.8 Å². The standard InChI is InChI=1S/C20H26O/c1-14-12-18(21)17(19(2,3)4)13-16(14)20(5,6)15-10-8-7-9-11-15/h7-13,21H,1-6H3. The molecule has 0 aromatic heterocycles. The molecule has 0 heterocycles. The van der Waals surface area contributed by atoms with Crippen molar-refractivity contribution in [2.45, 2.75) is 52.4 Å². The maximum atomic E-state index is 10.3. The Bertz CT molecular complexity index is 631. The molecule has 0 aliphatic heterocycles. The summed E-state index contributed by atoms with van der Waals surface area (Å²) in [5.74, 6) is 0.396. The molecule has 1 N–H and O–H groups in total. The molecular weight excluding hydrogens is 256 g/mol. The van der Waals surface area contributed by atoms with E-state index in [2.05, 4.69) is 71.9 Å². The molecule has 2 rings (SSSR count). The number of aryl methyl sites for hydroxylation is 1. The molecular formula is C20H26O. The van der Waals surface area contributed by atoms with Crippen molar-refractivity contribution in [3.63, 3.8) is 0 Å². The Balaban J connectivity index is 2.64. The van der Waals surface area contributed by atoms with Gasteiger partial charge in [-0.1, -0.05) is 71.0 Å². The van der Waals surface area contributed by atoms with E-state index in [1.54, 1.807) is 0 Å². The van der Waals surface area contributed by atoms with Gasteiger partial charge in [0.25, 0.3) is 0 Å². The summed E-state index contributed by atoms with van der Waals surface area (Å²) < 4.78 is 0. The van der Waals surface area contributed by atoms with E-state index >= 15 is 0 Å². The minimum atomic E-state index is -0.0843. The van der Waals surface area contributed by atoms with Crippen molar-refractivity contribution in [2.75, 3.05) is 0 Å². The van der Waals surface area contributed by atoms with Gasteiger partial charge in [-0.15, -0.1) is 0 Å². The van der Waals surface area contributed by atoms with Gasteiger partial charge >= 0.3 is 0 Å². The van der Waals surface area contributed by atoms with Gasteiger partial charge in [0, 0.05) is 5.41 Å². The Morgan fingerprint density at radius 3 is 1.90 bits per heavy atom. The average molecular weight is 282 g/mol. The average Bonchev–Trinajstić information content (AvgIpc) is 2.37. The number of rotatable bonds is 2. The minimum absolute atomic E-state index is 0.0701. The van der Waals surface area contributed by atoms with Crippen LogP contribution >= 0.6 is 0 Å². The fraction of sp³-hybridized carbons (Fsp3) is 0.400. The van der Waals surface area contributed by atoms with Gasteiger partial charge in [0.1, 0.15) is 5.75 Å². The number of aromatic hydroxyl groups is 1. The summed E-state index contributed by atoms with van der Waals surface area (Å²) in [6.07, 6.45) is 0. The topological polar surface area (TPSA) is 20.2 Å². The van der Waals surface area contributed by atoms with Crippen LogP contribution in [-0.4, -0.2) is 5.11 Å². The van der Waals surface area contributed by atoms with Crippen LogP contribution in [0.5, 0.6) is 5.75 Å². The first-order chi connectivity index (χ1) is 9.64. The fourth-order valence-corrected chi connectivity index (χ4v) is 2.98. The molecule has 0 amide bonds. The first kappa shape index (κ1) is 15.6. The first-order valence-electron chi connectivity index (χ1n) is 7.54. The molecule has 0 fully saturated rings. The molecule has 0 atom stereocenters. The highest BCUT2D eigenvalue weighted by atomic mass is 16.3. The summed E-state index contributed by atoms with van der Waals surface area (Å²) >= 11 is 0. The van der Waals surface area contributed by atoms with Gasteiger partial charge in [-0.25, -0.2) is 0 Å². The molecule has 0 saturated carbocycles. The van der Waals surface area contributed by atoms with E-state index < -0.39 is 0 Å². The van der Waals surface area contributed by atoms with Crippen molar-refractivity contribution in [2.24, 2.45) is 0 Å². The maximum absolute atomic E-state index is 10.3. The zero-order chi connectivity index (χ0) is 15.8. The summed E-state index contributed by atoms with van der Waals surface area (Å²) in [6.45, 7) is 13.0. The van der Waals surface area contributed by atoms with Gasteiger partial charge in [0.15, 0.2) is 0 Å². The lowest BCUT2D eigenvalue weighted by atomic mass is 9.73. The molecule has 1 nitrogen and oxygen atoms in total. The lowest BCUT2D eigenvalue weighted by Gasteiger charge is -2.31. The largest absolute Gasteiger partial charge is 0.508 e. The second-order valence-corrected chi connectivity index (χ2v) is 7.43. The van der Waals surface area contributed by atoms with Crippen molar-refractivity contribution >= 4 is 0 Å². The quantitative estimate of drug-likeness (QED) is 0.790. The van der Waals surface area contributed by atoms with Crippen LogP contribution in [0.25, 0.3) is 0 Å². The van der Waals surface area contributed by atoms with Crippen molar-refractivity contribution in [3.8, 4) is 5.75 Å². The third kappa shape index (κ3) is 2.97. The van der Waals surface area contributed by atoms with Crippen LogP contribution in [0.4, 0.5) is 0 Å². The molecule has 0 aliphatic carbocycles. The summed E-state index contributed by atoms with van der Waals surface area (Å²) in [7, 11) is 0. The highest BCUT2D eigenvalue weighted by molar-refractivity contribution is 5.50. The summed E-state index contributed by atoms with van der Waals surface area (Å²) in [5, 5.41) is 10.3. The maximum Gasteiger partial charge on any atom is 0.119 e. The van der Waals surface area contributed by atoms with Gasteiger partial charge in [-0.2, -0.15) is 0 Å². The summed E-state index contributed by atoms with van der Waals surface area (Å²) in [4.78, 5) is 0. The van der Waals surface area contributed by atoms with Crippen molar-refractivity contribution in [1.29, 1.82) is 0 Å². The Morgan fingerprint density at radius 1 is 0.810 bits per heavy atom. The molecule has 21 heavy (non-hydrogen) atoms. The van der Waals surface area contributed by atoms with Gasteiger partial charge < -0.3 is 5.11 Å². The lowest BCUT2D eigenvalue weighted by Crippen LogP contribution is -2.22. The van der Waals surface area contributed by atoms with E-state index in [9.17, 15) is 5.11 Å². The number of phenolic OH excluding ortho intramolecular Hbond substituents is 1. The van der Waals surface area contributed by atoms with Crippen LogP contribution in [0, 0.1) is 6.92 Å². The Kier molecular flexibility index (Phi) is 3.88. The van der Waals surface area contributed by atoms with E-state index in [-0.39, 0.29) is 10.8 Å². The smallest absolute Gasteiger partial charge is 0.119 e. The molecule has 0 spiro atoms. The third-order valence-electron chi connectivity index (χ3n) is 4.32. The van der Waals surface area contributed by atoms with Crippen molar-refractivity contribution in [3.05, 3.63) is 64.7 Å². The molecule has 0 unspecified atom stereocenters. The van der Waals surface area contributed by atoms with Crippen LogP contribution in [0.1, 0.15) is 56.9 Å². The van der Waals surface area contributed by atoms with Gasteiger partial charge in [-0.05, 0) is 40.7 Å². The Labute approximate surface area is 128 Å². The summed E-state index contributed by atoms with van der Waals surface area (Å²) in [5.41, 5.74) is 4.55. The predicted molar refractivity (Wildman–Crippen MR) is 90.1 cm³/mol. The second-order valence-electron chi connectivity index (χ2n) is 7.43. The SMILES string of the molecule is Cc1cc(O)c(C(C)(C)C)cc1C(C)(C)c1ccccc1. The molecule has 112 valence electrons. The normalized spacial score (nSPS) is 12.5. The van der Waals surface area contributed by atoms with Crippen LogP contribution in [0.3, 0.4) is 0 Å². The van der Waals surface area contributed by atoms with E-state index in [4.69, 9.17) is 0 Å². The summed E-state index contributed by atoms with van der Waals surface area (Å²) in [6, 6.07) is 14.6. The third-order valence-corrected chi connectivity index (χ3v) is 4.32. The molecule has 0 saturated heterocycles. The molecule has 1 heteroatoms. The van der Waals surface area contributed by atoms with E-state index in [0.29, 0.717) is 5.75 Å². The van der Waals surface area contributed by atoms with Crippen LogP contribution in [0.15, 0.2) is 42.5 Å². The van der Waals surface area contributed by atoms with E-state index in [1.165, 1.54) is 11.1 Å². The van der Waals surface area contributed by atoms with Crippen molar-refractivity contribution in [1.82, 2.24) is 0 Å². The van der Waals surface area contributed by atoms with Crippen molar-refractivity contribution < 1.29 is 5.11 Å². The monoisotopic (exact) mass is 282 g/mol. The Hall–Kier alpha value is -1.76. The van der Waals surface area contributed by atoms with Crippen LogP contribution < -0.4 is 0 Å². The zero-order valence-corrected chi connectivity index (χ0v) is 14.0. The molecule has 0 radical (unpaired) electrons. The number of hydrogen-bond acceptors (Lipinski definition) is 1. The molecule has 0 aliphatic rings. The van der Waals surface area contributed by atoms with Crippen LogP contribution in [0.2, 0.25) is 0 Å². The van der Waals surface area contributed by atoms with E-state index in [1.807, 2.05) is 12.1 Å². The molecule has 0 bridgehead atoms. The lowest BCUT2D eigenvalue weighted by molar-refractivity contribution is 0.444. The number of phenols is 1. The molecule has 2 aromatic carbocycles. The predicted octanol–water partition coefficient (Wildman–Crippen LogP) is 5.32. The van der Waals surface area contributed by atoms with Gasteiger partial charge in [0.2, 0.25) is 0 Å². The number of benzene rings is 2. The Morgan fingerprint density at radius 2 is 1.38 bits per heavy atom. The second kappa shape index (κ2) is 5.22.